The largest absolute Gasteiger partial charge is 0.456 e. The highest BCUT2D eigenvalue weighted by molar-refractivity contribution is 6.06. The Morgan fingerprint density at radius 3 is 2.78 bits per heavy atom. The van der Waals surface area contributed by atoms with E-state index in [1.54, 1.807) is 0 Å². The number of rotatable bonds is 2. The Hall–Kier alpha value is -3.84. The van der Waals surface area contributed by atoms with Crippen LogP contribution in [-0.4, -0.2) is 9.97 Å². The number of imidazole rings is 1. The van der Waals surface area contributed by atoms with Crippen molar-refractivity contribution in [2.75, 3.05) is 0 Å². The van der Waals surface area contributed by atoms with Gasteiger partial charge in [-0.05, 0) is 54.5 Å². The van der Waals surface area contributed by atoms with Crippen molar-refractivity contribution in [3.63, 3.8) is 0 Å². The number of hydrogen-bond donors (Lipinski definition) is 1. The summed E-state index contributed by atoms with van der Waals surface area (Å²) in [7, 11) is 0. The molecule has 3 aromatic carbocycles. The highest BCUT2D eigenvalue weighted by Gasteiger charge is 2.10. The van der Waals surface area contributed by atoms with E-state index < -0.39 is 0 Å². The summed E-state index contributed by atoms with van der Waals surface area (Å²) in [6, 6.07) is 22.2. The lowest BCUT2D eigenvalue weighted by Crippen LogP contribution is -1.85. The van der Waals surface area contributed by atoms with Crippen molar-refractivity contribution in [2.24, 2.45) is 0 Å². The molecule has 0 fully saturated rings. The lowest BCUT2D eigenvalue weighted by Gasteiger charge is -1.97. The van der Waals surface area contributed by atoms with Crippen LogP contribution in [0.5, 0.6) is 0 Å². The van der Waals surface area contributed by atoms with Gasteiger partial charge in [0.1, 0.15) is 23.1 Å². The van der Waals surface area contributed by atoms with Crippen LogP contribution in [0.1, 0.15) is 17.0 Å². The molecule has 5 rings (SSSR count). The Kier molecular flexibility index (Phi) is 3.34. The number of allylic oxidation sites excluding steroid dienone is 1. The Morgan fingerprint density at radius 2 is 1.89 bits per heavy atom. The second kappa shape index (κ2) is 5.86. The first-order valence-corrected chi connectivity index (χ1v) is 8.71. The maximum atomic E-state index is 9.67. The number of aromatic amines is 1. The molecular weight excluding hydrogens is 334 g/mol. The number of fused-ring (bicyclic) bond motifs is 4. The molecule has 4 heteroatoms. The van der Waals surface area contributed by atoms with Crippen molar-refractivity contribution in [2.45, 2.75) is 6.92 Å². The average molecular weight is 349 g/mol. The highest BCUT2D eigenvalue weighted by Crippen LogP contribution is 2.30. The summed E-state index contributed by atoms with van der Waals surface area (Å²) in [4.78, 5) is 7.81. The molecule has 2 aromatic heterocycles. The van der Waals surface area contributed by atoms with E-state index in [9.17, 15) is 5.26 Å². The van der Waals surface area contributed by atoms with E-state index in [1.807, 2.05) is 73.7 Å². The minimum atomic E-state index is 0.496. The van der Waals surface area contributed by atoms with Crippen LogP contribution in [0.15, 0.2) is 65.1 Å². The molecule has 1 N–H and O–H groups in total. The van der Waals surface area contributed by atoms with E-state index in [1.165, 1.54) is 0 Å². The first-order chi connectivity index (χ1) is 13.2. The molecule has 0 radical (unpaired) electrons. The van der Waals surface area contributed by atoms with Crippen LogP contribution in [-0.2, 0) is 0 Å². The molecule has 128 valence electrons. The molecule has 0 aliphatic carbocycles. The summed E-state index contributed by atoms with van der Waals surface area (Å²) < 4.78 is 5.87. The second-order valence-corrected chi connectivity index (χ2v) is 6.63. The number of aryl methyl sites for hydroxylation is 1. The molecule has 27 heavy (non-hydrogen) atoms. The molecule has 0 spiro atoms. The number of furan rings is 1. The quantitative estimate of drug-likeness (QED) is 0.407. The van der Waals surface area contributed by atoms with Gasteiger partial charge in [-0.2, -0.15) is 5.26 Å². The van der Waals surface area contributed by atoms with Crippen molar-refractivity contribution in [3.8, 4) is 6.07 Å². The molecule has 0 aliphatic heterocycles. The van der Waals surface area contributed by atoms with Crippen LogP contribution in [0.4, 0.5) is 0 Å². The van der Waals surface area contributed by atoms with Gasteiger partial charge >= 0.3 is 0 Å². The van der Waals surface area contributed by atoms with Crippen LogP contribution in [0.2, 0.25) is 0 Å². The first kappa shape index (κ1) is 15.4. The van der Waals surface area contributed by atoms with Crippen molar-refractivity contribution in [3.05, 3.63) is 77.6 Å². The Bertz CT molecular complexity index is 1400. The molecular formula is C23H15N3O. The third-order valence-electron chi connectivity index (χ3n) is 4.72. The normalized spacial score (nSPS) is 12.1. The van der Waals surface area contributed by atoms with Crippen LogP contribution >= 0.6 is 0 Å². The van der Waals surface area contributed by atoms with E-state index in [4.69, 9.17) is 4.42 Å². The Balaban J connectivity index is 1.64. The zero-order valence-corrected chi connectivity index (χ0v) is 14.7. The molecule has 0 unspecified atom stereocenters. The molecule has 2 heterocycles. The smallest absolute Gasteiger partial charge is 0.149 e. The van der Waals surface area contributed by atoms with Crippen molar-refractivity contribution >= 4 is 44.6 Å². The van der Waals surface area contributed by atoms with Crippen LogP contribution < -0.4 is 0 Å². The predicted molar refractivity (Wildman–Crippen MR) is 108 cm³/mol. The minimum Gasteiger partial charge on any atom is -0.456 e. The molecule has 4 nitrogen and oxygen atoms in total. The van der Waals surface area contributed by atoms with Gasteiger partial charge in [0.15, 0.2) is 0 Å². The second-order valence-electron chi connectivity index (χ2n) is 6.63. The van der Waals surface area contributed by atoms with E-state index in [-0.39, 0.29) is 0 Å². The third-order valence-corrected chi connectivity index (χ3v) is 4.72. The zero-order chi connectivity index (χ0) is 18.4. The Morgan fingerprint density at radius 1 is 1.04 bits per heavy atom. The van der Waals surface area contributed by atoms with Crippen molar-refractivity contribution in [1.82, 2.24) is 9.97 Å². The van der Waals surface area contributed by atoms with Crippen LogP contribution in [0.25, 0.3) is 44.6 Å². The number of hydrogen-bond acceptors (Lipinski definition) is 3. The summed E-state index contributed by atoms with van der Waals surface area (Å²) in [5.41, 5.74) is 6.07. The number of benzene rings is 3. The van der Waals surface area contributed by atoms with E-state index >= 15 is 0 Å². The van der Waals surface area contributed by atoms with Gasteiger partial charge in [0.05, 0.1) is 16.6 Å². The molecule has 0 bridgehead atoms. The lowest BCUT2D eigenvalue weighted by molar-refractivity contribution is 0.669. The Labute approximate surface area is 155 Å². The van der Waals surface area contributed by atoms with Gasteiger partial charge in [-0.15, -0.1) is 0 Å². The monoisotopic (exact) mass is 349 g/mol. The number of nitrogens with zero attached hydrogens (tertiary/aromatic N) is 2. The first-order valence-electron chi connectivity index (χ1n) is 8.71. The molecule has 5 aromatic rings. The fraction of sp³-hybridized carbons (Fsp3) is 0.0435. The summed E-state index contributed by atoms with van der Waals surface area (Å²) in [6.07, 6.45) is 1.85. The topological polar surface area (TPSA) is 65.6 Å². The summed E-state index contributed by atoms with van der Waals surface area (Å²) in [6.45, 7) is 2.03. The van der Waals surface area contributed by atoms with Gasteiger partial charge < -0.3 is 9.40 Å². The van der Waals surface area contributed by atoms with Crippen molar-refractivity contribution in [1.29, 1.82) is 5.26 Å². The van der Waals surface area contributed by atoms with Gasteiger partial charge in [0.2, 0.25) is 0 Å². The van der Waals surface area contributed by atoms with Gasteiger partial charge in [-0.1, -0.05) is 30.3 Å². The molecule has 0 atom stereocenters. The van der Waals surface area contributed by atoms with Gasteiger partial charge in [-0.25, -0.2) is 4.98 Å². The molecule has 0 amide bonds. The zero-order valence-electron chi connectivity index (χ0n) is 14.7. The van der Waals surface area contributed by atoms with Gasteiger partial charge in [0, 0.05) is 10.8 Å². The minimum absolute atomic E-state index is 0.496. The van der Waals surface area contributed by atoms with Crippen LogP contribution in [0, 0.1) is 18.3 Å². The maximum absolute atomic E-state index is 9.67. The lowest BCUT2D eigenvalue weighted by atomic mass is 10.1. The summed E-state index contributed by atoms with van der Waals surface area (Å²) in [5, 5.41) is 11.8. The number of aromatic nitrogens is 2. The van der Waals surface area contributed by atoms with E-state index in [2.05, 4.69) is 16.0 Å². The summed E-state index contributed by atoms with van der Waals surface area (Å²) >= 11 is 0. The molecule has 0 saturated carbocycles. The SMILES string of the molecule is Cc1ccc2nc(C(C#N)=Cc3ccc4oc5ccccc5c4c3)[nH]c2c1. The highest BCUT2D eigenvalue weighted by atomic mass is 16.3. The number of H-pyrrole nitrogens is 1. The standard InChI is InChI=1S/C23H15N3O/c1-14-6-8-19-20(10-14)26-23(25-19)16(13-24)11-15-7-9-22-18(12-15)17-4-2-3-5-21(17)27-22/h2-12H,1H3,(H,25,26). The van der Waals surface area contributed by atoms with Gasteiger partial charge in [-0.3, -0.25) is 0 Å². The van der Waals surface area contributed by atoms with Crippen LogP contribution in [0.3, 0.4) is 0 Å². The number of nitriles is 1. The fourth-order valence-corrected chi connectivity index (χ4v) is 3.40. The summed E-state index contributed by atoms with van der Waals surface area (Å²) in [5.74, 6) is 0.579. The van der Waals surface area contributed by atoms with Crippen molar-refractivity contribution < 1.29 is 4.42 Å². The average Bonchev–Trinajstić information content (AvgIpc) is 3.26. The van der Waals surface area contributed by atoms with E-state index in [0.717, 1.165) is 44.1 Å². The molecule has 0 aliphatic rings. The third kappa shape index (κ3) is 2.57. The van der Waals surface area contributed by atoms with Gasteiger partial charge in [0.25, 0.3) is 0 Å². The maximum Gasteiger partial charge on any atom is 0.149 e. The number of para-hydroxylation sites is 1. The number of nitrogens with one attached hydrogen (secondary N) is 1. The fourth-order valence-electron chi connectivity index (χ4n) is 3.40. The van der Waals surface area contributed by atoms with E-state index in [0.29, 0.717) is 11.4 Å². The molecule has 0 saturated heterocycles. The predicted octanol–water partition coefficient (Wildman–Crippen LogP) is 5.83.